The number of nitrogens with zero attached hydrogens (tertiary/aromatic N) is 5. The summed E-state index contributed by atoms with van der Waals surface area (Å²) >= 11 is 1.40. The van der Waals surface area contributed by atoms with E-state index < -0.39 is 10.8 Å². The first-order valence-electron chi connectivity index (χ1n) is 11.7. The Morgan fingerprint density at radius 2 is 1.89 bits per heavy atom. The summed E-state index contributed by atoms with van der Waals surface area (Å²) in [7, 11) is 2.03. The van der Waals surface area contributed by atoms with Gasteiger partial charge in [-0.2, -0.15) is 0 Å². The van der Waals surface area contributed by atoms with E-state index in [2.05, 4.69) is 32.2 Å². The molecule has 2 aromatic carbocycles. The molecular weight excluding hydrogens is 468 g/mol. The van der Waals surface area contributed by atoms with E-state index in [-0.39, 0.29) is 11.3 Å². The number of ether oxygens (including phenoxy) is 1. The van der Waals surface area contributed by atoms with Crippen molar-refractivity contribution < 1.29 is 14.5 Å². The number of likely N-dealkylation sites (N-methyl/N-ethyl adjacent to an activating group) is 1. The van der Waals surface area contributed by atoms with Crippen molar-refractivity contribution in [2.24, 2.45) is 0 Å². The fraction of sp³-hybridized carbons (Fsp3) is 0.417. The predicted octanol–water partition coefficient (Wildman–Crippen LogP) is 3.04. The zero-order valence-electron chi connectivity index (χ0n) is 19.6. The van der Waals surface area contributed by atoms with Crippen molar-refractivity contribution in [3.8, 4) is 0 Å². The van der Waals surface area contributed by atoms with Crippen molar-refractivity contribution in [1.29, 1.82) is 0 Å². The van der Waals surface area contributed by atoms with Gasteiger partial charge < -0.3 is 14.5 Å². The zero-order chi connectivity index (χ0) is 24.4. The summed E-state index contributed by atoms with van der Waals surface area (Å²) in [4.78, 5) is 35.3. The van der Waals surface area contributed by atoms with Crippen LogP contribution in [0.3, 0.4) is 0 Å². The van der Waals surface area contributed by atoms with Crippen LogP contribution in [0, 0.1) is 10.1 Å². The van der Waals surface area contributed by atoms with Gasteiger partial charge in [0, 0.05) is 57.4 Å². The number of carbonyl (C=O) groups is 1. The van der Waals surface area contributed by atoms with Crippen LogP contribution in [0.5, 0.6) is 0 Å². The van der Waals surface area contributed by atoms with Gasteiger partial charge >= 0.3 is 0 Å². The molecule has 1 aromatic heterocycles. The number of morpholine rings is 1. The molecule has 2 fully saturated rings. The van der Waals surface area contributed by atoms with Crippen molar-refractivity contribution >= 4 is 44.0 Å². The van der Waals surface area contributed by atoms with Crippen molar-refractivity contribution in [3.05, 3.63) is 57.6 Å². The van der Waals surface area contributed by atoms with E-state index in [0.717, 1.165) is 56.2 Å². The maximum atomic E-state index is 12.9. The van der Waals surface area contributed by atoms with Gasteiger partial charge in [0.1, 0.15) is 5.69 Å². The monoisotopic (exact) mass is 496 g/mol. The molecule has 2 saturated heterocycles. The number of rotatable bonds is 6. The Morgan fingerprint density at radius 1 is 1.11 bits per heavy atom. The first-order valence-corrected chi connectivity index (χ1v) is 12.5. The largest absolute Gasteiger partial charge is 0.379 e. The fourth-order valence-electron chi connectivity index (χ4n) is 4.43. The number of fused-ring (bicyclic) bond motifs is 1. The molecule has 184 valence electrons. The number of nitro groups is 1. The lowest BCUT2D eigenvalue weighted by atomic mass is 10.1. The van der Waals surface area contributed by atoms with Crippen molar-refractivity contribution in [3.63, 3.8) is 0 Å². The SMILES string of the molecule is CN1CCN(c2ccc(C(=O)Nc3nc4ccc(CN5CCOCC5)cc4s3)cc2[N+](=O)[O-])CC1. The van der Waals surface area contributed by atoms with Crippen molar-refractivity contribution in [2.75, 3.05) is 69.7 Å². The second-order valence-electron chi connectivity index (χ2n) is 8.91. The number of carbonyl (C=O) groups excluding carboxylic acids is 1. The van der Waals surface area contributed by atoms with Gasteiger partial charge in [-0.15, -0.1) is 0 Å². The Hall–Kier alpha value is -3.12. The summed E-state index contributed by atoms with van der Waals surface area (Å²) in [6, 6.07) is 10.8. The van der Waals surface area contributed by atoms with Crippen LogP contribution in [0.15, 0.2) is 36.4 Å². The van der Waals surface area contributed by atoms with Crippen LogP contribution in [0.4, 0.5) is 16.5 Å². The number of hydrogen-bond acceptors (Lipinski definition) is 9. The molecule has 0 spiro atoms. The first kappa shape index (κ1) is 23.6. The molecular formula is C24H28N6O4S. The van der Waals surface area contributed by atoms with E-state index in [9.17, 15) is 14.9 Å². The highest BCUT2D eigenvalue weighted by molar-refractivity contribution is 7.22. The van der Waals surface area contributed by atoms with Crippen LogP contribution in [-0.2, 0) is 11.3 Å². The summed E-state index contributed by atoms with van der Waals surface area (Å²) < 4.78 is 6.40. The van der Waals surface area contributed by atoms with Crippen LogP contribution in [-0.4, -0.2) is 85.1 Å². The number of aromatic nitrogens is 1. The molecule has 3 heterocycles. The molecule has 5 rings (SSSR count). The Bertz CT molecular complexity index is 1230. The summed E-state index contributed by atoms with van der Waals surface area (Å²) in [5.74, 6) is -0.411. The van der Waals surface area contributed by atoms with E-state index in [1.54, 1.807) is 12.1 Å². The topological polar surface area (TPSA) is 104 Å². The molecule has 2 aliphatic heterocycles. The minimum Gasteiger partial charge on any atom is -0.379 e. The molecule has 1 N–H and O–H groups in total. The molecule has 0 unspecified atom stereocenters. The molecule has 0 saturated carbocycles. The Balaban J connectivity index is 1.30. The molecule has 35 heavy (non-hydrogen) atoms. The van der Waals surface area contributed by atoms with E-state index in [1.807, 2.05) is 18.0 Å². The molecule has 1 amide bonds. The van der Waals surface area contributed by atoms with Gasteiger partial charge in [0.25, 0.3) is 11.6 Å². The third-order valence-corrected chi connectivity index (χ3v) is 7.40. The van der Waals surface area contributed by atoms with Gasteiger partial charge in [-0.1, -0.05) is 17.4 Å². The van der Waals surface area contributed by atoms with Crippen LogP contribution < -0.4 is 10.2 Å². The number of anilines is 2. The van der Waals surface area contributed by atoms with Gasteiger partial charge in [0.05, 0.1) is 28.4 Å². The molecule has 0 atom stereocenters. The normalized spacial score (nSPS) is 17.6. The third kappa shape index (κ3) is 5.43. The number of nitrogens with one attached hydrogen (secondary N) is 1. The van der Waals surface area contributed by atoms with Crippen LogP contribution in [0.25, 0.3) is 10.2 Å². The number of hydrogen-bond donors (Lipinski definition) is 1. The Kier molecular flexibility index (Phi) is 6.91. The van der Waals surface area contributed by atoms with E-state index in [4.69, 9.17) is 4.74 Å². The minimum atomic E-state index is -0.419. The summed E-state index contributed by atoms with van der Waals surface area (Å²) in [5.41, 5.74) is 2.73. The van der Waals surface area contributed by atoms with Crippen LogP contribution in [0.2, 0.25) is 0 Å². The molecule has 0 aliphatic carbocycles. The van der Waals surface area contributed by atoms with E-state index >= 15 is 0 Å². The Labute approximate surface area is 207 Å². The molecule has 0 radical (unpaired) electrons. The van der Waals surface area contributed by atoms with Gasteiger partial charge in [-0.05, 0) is 36.9 Å². The van der Waals surface area contributed by atoms with E-state index in [0.29, 0.717) is 23.9 Å². The molecule has 3 aromatic rings. The highest BCUT2D eigenvalue weighted by Crippen LogP contribution is 2.31. The van der Waals surface area contributed by atoms with Crippen molar-refractivity contribution in [2.45, 2.75) is 6.54 Å². The Morgan fingerprint density at radius 3 is 2.63 bits per heavy atom. The highest BCUT2D eigenvalue weighted by Gasteiger charge is 2.24. The number of thiazole rings is 1. The maximum absolute atomic E-state index is 12.9. The summed E-state index contributed by atoms with van der Waals surface area (Å²) in [6.45, 7) is 7.30. The second kappa shape index (κ2) is 10.2. The average Bonchev–Trinajstić information content (AvgIpc) is 3.26. The van der Waals surface area contributed by atoms with E-state index in [1.165, 1.54) is 23.0 Å². The standard InChI is InChI=1S/C24H28N6O4S/c1-27-6-8-29(9-7-27)20-5-3-18(15-21(20)30(32)33)23(31)26-24-25-19-4-2-17(14-22(19)35-24)16-28-10-12-34-13-11-28/h2-5,14-15H,6-13,16H2,1H3,(H,25,26,31). The summed E-state index contributed by atoms with van der Waals surface area (Å²) in [5, 5.41) is 15.1. The lowest BCUT2D eigenvalue weighted by molar-refractivity contribution is -0.384. The summed E-state index contributed by atoms with van der Waals surface area (Å²) in [6.07, 6.45) is 0. The van der Waals surface area contributed by atoms with Crippen LogP contribution in [0.1, 0.15) is 15.9 Å². The van der Waals surface area contributed by atoms with Crippen molar-refractivity contribution in [1.82, 2.24) is 14.8 Å². The van der Waals surface area contributed by atoms with Gasteiger partial charge in [-0.25, -0.2) is 4.98 Å². The lowest BCUT2D eigenvalue weighted by Crippen LogP contribution is -2.44. The van der Waals surface area contributed by atoms with Gasteiger partial charge in [0.2, 0.25) is 0 Å². The molecule has 11 heteroatoms. The molecule has 10 nitrogen and oxygen atoms in total. The molecule has 0 bridgehead atoms. The number of benzene rings is 2. The zero-order valence-corrected chi connectivity index (χ0v) is 20.4. The smallest absolute Gasteiger partial charge is 0.293 e. The minimum absolute atomic E-state index is 0.0562. The number of piperazine rings is 1. The third-order valence-electron chi connectivity index (χ3n) is 6.46. The van der Waals surface area contributed by atoms with Gasteiger partial charge in [0.15, 0.2) is 5.13 Å². The van der Waals surface area contributed by atoms with Gasteiger partial charge in [-0.3, -0.25) is 25.1 Å². The predicted molar refractivity (Wildman–Crippen MR) is 136 cm³/mol. The molecule has 2 aliphatic rings. The number of amides is 1. The number of nitro benzene ring substituents is 1. The lowest BCUT2D eigenvalue weighted by Gasteiger charge is -2.33. The highest BCUT2D eigenvalue weighted by atomic mass is 32.1. The maximum Gasteiger partial charge on any atom is 0.293 e. The second-order valence-corrected chi connectivity index (χ2v) is 9.95. The first-order chi connectivity index (χ1) is 17.0. The average molecular weight is 497 g/mol. The quantitative estimate of drug-likeness (QED) is 0.410. The fourth-order valence-corrected chi connectivity index (χ4v) is 5.36. The van der Waals surface area contributed by atoms with Crippen LogP contribution >= 0.6 is 11.3 Å².